The number of nitro groups is 1. The molecule has 27 heavy (non-hydrogen) atoms. The monoisotopic (exact) mass is 388 g/mol. The largest absolute Gasteiger partial charge is 0.460 e. The van der Waals surface area contributed by atoms with Crippen molar-refractivity contribution < 1.29 is 9.34 Å². The highest BCUT2D eigenvalue weighted by molar-refractivity contribution is 6.33. The van der Waals surface area contributed by atoms with E-state index in [9.17, 15) is 10.1 Å². The summed E-state index contributed by atoms with van der Waals surface area (Å²) in [6, 6.07) is 8.05. The molecule has 7 nitrogen and oxygen atoms in total. The van der Waals surface area contributed by atoms with Gasteiger partial charge in [-0.1, -0.05) is 18.5 Å². The molecule has 0 saturated heterocycles. The Kier molecular flexibility index (Phi) is 5.93. The van der Waals surface area contributed by atoms with E-state index < -0.39 is 4.92 Å². The lowest BCUT2D eigenvalue weighted by Crippen LogP contribution is -2.23. The number of halogens is 1. The number of imidazole rings is 1. The molecule has 0 spiro atoms. The molecule has 0 radical (unpaired) electrons. The van der Waals surface area contributed by atoms with Crippen LogP contribution in [0.1, 0.15) is 18.5 Å². The highest BCUT2D eigenvalue weighted by Crippen LogP contribution is 2.32. The first-order valence-corrected chi connectivity index (χ1v) is 9.03. The van der Waals surface area contributed by atoms with Crippen molar-refractivity contribution >= 4 is 17.3 Å². The summed E-state index contributed by atoms with van der Waals surface area (Å²) in [5.41, 5.74) is 0.594. The third-order valence-electron chi connectivity index (χ3n) is 4.31. The second-order valence-corrected chi connectivity index (χ2v) is 6.96. The van der Waals surface area contributed by atoms with Gasteiger partial charge in [0.1, 0.15) is 17.3 Å². The highest BCUT2D eigenvalue weighted by Gasteiger charge is 2.13. The third-order valence-corrected chi connectivity index (χ3v) is 4.63. The van der Waals surface area contributed by atoms with Crippen LogP contribution in [-0.4, -0.2) is 21.0 Å². The first kappa shape index (κ1) is 19.1. The SMILES string of the molecule is Cc1nccn1CC(C)CNCc1ccc(-c2ccc([N+](=O)[O-])cc2Cl)o1. The number of hydrogen-bond acceptors (Lipinski definition) is 5. The molecule has 0 fully saturated rings. The van der Waals surface area contributed by atoms with E-state index in [4.69, 9.17) is 16.0 Å². The molecular formula is C19H21ClN4O3. The molecule has 1 atom stereocenters. The zero-order valence-electron chi connectivity index (χ0n) is 15.2. The van der Waals surface area contributed by atoms with Crippen molar-refractivity contribution in [2.45, 2.75) is 26.9 Å². The first-order chi connectivity index (χ1) is 12.9. The summed E-state index contributed by atoms with van der Waals surface area (Å²) < 4.78 is 7.96. The lowest BCUT2D eigenvalue weighted by atomic mass is 10.1. The van der Waals surface area contributed by atoms with Crippen molar-refractivity contribution in [2.75, 3.05) is 6.54 Å². The zero-order chi connectivity index (χ0) is 19.4. The van der Waals surface area contributed by atoms with E-state index >= 15 is 0 Å². The molecule has 0 aliphatic heterocycles. The lowest BCUT2D eigenvalue weighted by Gasteiger charge is -2.13. The molecule has 0 saturated carbocycles. The van der Waals surface area contributed by atoms with Gasteiger partial charge in [0.2, 0.25) is 0 Å². The van der Waals surface area contributed by atoms with Gasteiger partial charge in [0.25, 0.3) is 5.69 Å². The number of nitro benzene ring substituents is 1. The standard InChI is InChI=1S/C19H21ClN4O3/c1-13(12-23-8-7-22-14(23)2)10-21-11-16-4-6-19(27-16)17-5-3-15(24(25)26)9-18(17)20/h3-9,13,21H,10-12H2,1-2H3. The molecular weight excluding hydrogens is 368 g/mol. The number of aromatic nitrogens is 2. The predicted octanol–water partition coefficient (Wildman–Crippen LogP) is 4.44. The molecule has 1 unspecified atom stereocenters. The Bertz CT molecular complexity index is 935. The smallest absolute Gasteiger partial charge is 0.270 e. The third kappa shape index (κ3) is 4.75. The average molecular weight is 389 g/mol. The Morgan fingerprint density at radius 1 is 1.37 bits per heavy atom. The molecule has 1 aromatic carbocycles. The molecule has 2 heterocycles. The summed E-state index contributed by atoms with van der Waals surface area (Å²) in [5.74, 6) is 2.83. The molecule has 0 aliphatic carbocycles. The summed E-state index contributed by atoms with van der Waals surface area (Å²) in [4.78, 5) is 14.6. The Labute approximate surface area is 162 Å². The van der Waals surface area contributed by atoms with Gasteiger partial charge in [-0.2, -0.15) is 0 Å². The summed E-state index contributed by atoms with van der Waals surface area (Å²) in [5, 5.41) is 14.5. The zero-order valence-corrected chi connectivity index (χ0v) is 15.9. The van der Waals surface area contributed by atoms with Crippen molar-refractivity contribution in [3.8, 4) is 11.3 Å². The number of aryl methyl sites for hydroxylation is 1. The molecule has 1 N–H and O–H groups in total. The Morgan fingerprint density at radius 3 is 2.85 bits per heavy atom. The maximum Gasteiger partial charge on any atom is 0.270 e. The van der Waals surface area contributed by atoms with Crippen LogP contribution in [0.4, 0.5) is 5.69 Å². The van der Waals surface area contributed by atoms with Crippen LogP contribution < -0.4 is 5.32 Å². The van der Waals surface area contributed by atoms with E-state index in [0.29, 0.717) is 28.8 Å². The second-order valence-electron chi connectivity index (χ2n) is 6.55. The summed E-state index contributed by atoms with van der Waals surface area (Å²) in [7, 11) is 0. The van der Waals surface area contributed by atoms with Gasteiger partial charge in [0.15, 0.2) is 0 Å². The molecule has 2 aromatic heterocycles. The van der Waals surface area contributed by atoms with Crippen LogP contribution in [0.5, 0.6) is 0 Å². The van der Waals surface area contributed by atoms with Gasteiger partial charge in [-0.15, -0.1) is 0 Å². The van der Waals surface area contributed by atoms with Crippen LogP contribution in [0.15, 0.2) is 47.1 Å². The van der Waals surface area contributed by atoms with Crippen molar-refractivity contribution in [2.24, 2.45) is 5.92 Å². The maximum absolute atomic E-state index is 10.8. The number of non-ortho nitro benzene ring substituents is 1. The fourth-order valence-electron chi connectivity index (χ4n) is 2.87. The lowest BCUT2D eigenvalue weighted by molar-refractivity contribution is -0.384. The first-order valence-electron chi connectivity index (χ1n) is 8.65. The maximum atomic E-state index is 10.8. The Morgan fingerprint density at radius 2 is 2.19 bits per heavy atom. The molecule has 0 bridgehead atoms. The van der Waals surface area contributed by atoms with Crippen LogP contribution in [0.2, 0.25) is 5.02 Å². The molecule has 0 aliphatic rings. The molecule has 142 valence electrons. The van der Waals surface area contributed by atoms with E-state index in [1.54, 1.807) is 6.07 Å². The van der Waals surface area contributed by atoms with Gasteiger partial charge in [0, 0.05) is 36.6 Å². The van der Waals surface area contributed by atoms with Gasteiger partial charge in [-0.3, -0.25) is 10.1 Å². The highest BCUT2D eigenvalue weighted by atomic mass is 35.5. The number of rotatable bonds is 8. The Hall–Kier alpha value is -2.64. The number of nitrogens with zero attached hydrogens (tertiary/aromatic N) is 3. The van der Waals surface area contributed by atoms with Crippen LogP contribution in [0.25, 0.3) is 11.3 Å². The van der Waals surface area contributed by atoms with E-state index in [0.717, 1.165) is 24.7 Å². The van der Waals surface area contributed by atoms with Crippen molar-refractivity contribution in [1.29, 1.82) is 0 Å². The minimum absolute atomic E-state index is 0.0423. The normalized spacial score (nSPS) is 12.3. The summed E-state index contributed by atoms with van der Waals surface area (Å²) >= 11 is 6.16. The minimum Gasteiger partial charge on any atom is -0.460 e. The van der Waals surface area contributed by atoms with E-state index in [1.807, 2.05) is 31.5 Å². The number of nitrogens with one attached hydrogen (secondary N) is 1. The van der Waals surface area contributed by atoms with Gasteiger partial charge >= 0.3 is 0 Å². The van der Waals surface area contributed by atoms with E-state index in [1.165, 1.54) is 12.1 Å². The predicted molar refractivity (Wildman–Crippen MR) is 104 cm³/mol. The van der Waals surface area contributed by atoms with Gasteiger partial charge in [0.05, 0.1) is 16.5 Å². The summed E-state index contributed by atoms with van der Waals surface area (Å²) in [6.07, 6.45) is 3.79. The second kappa shape index (κ2) is 8.37. The van der Waals surface area contributed by atoms with E-state index in [2.05, 4.69) is 21.8 Å². The molecule has 0 amide bonds. The van der Waals surface area contributed by atoms with Crippen molar-refractivity contribution in [3.05, 3.63) is 69.4 Å². The fourth-order valence-corrected chi connectivity index (χ4v) is 3.14. The van der Waals surface area contributed by atoms with Gasteiger partial charge < -0.3 is 14.3 Å². The van der Waals surface area contributed by atoms with Crippen LogP contribution >= 0.6 is 11.6 Å². The molecule has 3 aromatic rings. The van der Waals surface area contributed by atoms with Gasteiger partial charge in [-0.05, 0) is 37.6 Å². The van der Waals surface area contributed by atoms with Crippen molar-refractivity contribution in [3.63, 3.8) is 0 Å². The fraction of sp³-hybridized carbons (Fsp3) is 0.316. The topological polar surface area (TPSA) is 86.1 Å². The average Bonchev–Trinajstić information content (AvgIpc) is 3.24. The van der Waals surface area contributed by atoms with Crippen LogP contribution in [-0.2, 0) is 13.1 Å². The van der Waals surface area contributed by atoms with E-state index in [-0.39, 0.29) is 5.69 Å². The Balaban J connectivity index is 1.55. The number of benzene rings is 1. The quantitative estimate of drug-likeness (QED) is 0.455. The van der Waals surface area contributed by atoms with Crippen molar-refractivity contribution in [1.82, 2.24) is 14.9 Å². The number of hydrogen-bond donors (Lipinski definition) is 1. The molecule has 3 rings (SSSR count). The molecule has 8 heteroatoms. The number of furan rings is 1. The van der Waals surface area contributed by atoms with Gasteiger partial charge in [-0.25, -0.2) is 4.98 Å². The van der Waals surface area contributed by atoms with Crippen LogP contribution in [0, 0.1) is 23.0 Å². The minimum atomic E-state index is -0.473. The summed E-state index contributed by atoms with van der Waals surface area (Å²) in [6.45, 7) is 6.51. The van der Waals surface area contributed by atoms with Crippen LogP contribution in [0.3, 0.4) is 0 Å².